The Balaban J connectivity index is 2.05. The first-order valence-corrected chi connectivity index (χ1v) is 5.74. The highest BCUT2D eigenvalue weighted by atomic mass is 16.5. The zero-order valence-corrected chi connectivity index (χ0v) is 9.54. The van der Waals surface area contributed by atoms with Crippen molar-refractivity contribution in [3.8, 4) is 5.88 Å². The Morgan fingerprint density at radius 2 is 2.39 bits per heavy atom. The standard InChI is InChI=1S/C11H13N3O4/c15-4-6-1-2-9(18-6)14-5-12-10-7(14)3-8(16)13-11(10)17/h3,5-6,9,15H,1-2,4H2,(H2,13,16,17)/t6-,9+/m0/s1. The van der Waals surface area contributed by atoms with Crippen LogP contribution in [0.25, 0.3) is 11.0 Å². The summed E-state index contributed by atoms with van der Waals surface area (Å²) < 4.78 is 7.33. The molecule has 1 saturated heterocycles. The number of hydrogen-bond donors (Lipinski definition) is 3. The number of aliphatic hydroxyl groups is 1. The van der Waals surface area contributed by atoms with E-state index in [-0.39, 0.29) is 24.8 Å². The molecule has 2 atom stereocenters. The molecule has 0 radical (unpaired) electrons. The first kappa shape index (κ1) is 11.2. The lowest BCUT2D eigenvalue weighted by atomic mass is 10.2. The van der Waals surface area contributed by atoms with Crippen LogP contribution >= 0.6 is 0 Å². The van der Waals surface area contributed by atoms with Gasteiger partial charge in [-0.05, 0) is 12.8 Å². The average molecular weight is 251 g/mol. The maximum atomic E-state index is 11.4. The molecule has 2 aromatic heterocycles. The molecule has 0 bridgehead atoms. The number of H-pyrrole nitrogens is 1. The van der Waals surface area contributed by atoms with Crippen molar-refractivity contribution >= 4 is 11.0 Å². The summed E-state index contributed by atoms with van der Waals surface area (Å²) in [4.78, 5) is 17.7. The number of hydrogen-bond acceptors (Lipinski definition) is 5. The quantitative estimate of drug-likeness (QED) is 0.702. The highest BCUT2D eigenvalue weighted by molar-refractivity contribution is 5.79. The zero-order valence-electron chi connectivity index (χ0n) is 9.54. The van der Waals surface area contributed by atoms with E-state index < -0.39 is 5.56 Å². The van der Waals surface area contributed by atoms with Gasteiger partial charge in [0.2, 0.25) is 5.88 Å². The fourth-order valence-corrected chi connectivity index (χ4v) is 2.29. The van der Waals surface area contributed by atoms with Gasteiger partial charge in [0, 0.05) is 6.07 Å². The van der Waals surface area contributed by atoms with Crippen molar-refractivity contribution < 1.29 is 14.9 Å². The topological polar surface area (TPSA) is 100 Å². The molecule has 0 amide bonds. The van der Waals surface area contributed by atoms with Crippen molar-refractivity contribution in [3.63, 3.8) is 0 Å². The van der Waals surface area contributed by atoms with Crippen molar-refractivity contribution in [2.75, 3.05) is 6.61 Å². The van der Waals surface area contributed by atoms with Crippen LogP contribution in [0.1, 0.15) is 19.1 Å². The first-order chi connectivity index (χ1) is 8.69. The minimum atomic E-state index is -0.390. The van der Waals surface area contributed by atoms with Gasteiger partial charge in [0.25, 0.3) is 5.56 Å². The van der Waals surface area contributed by atoms with Crippen molar-refractivity contribution in [1.29, 1.82) is 0 Å². The van der Waals surface area contributed by atoms with Gasteiger partial charge in [-0.3, -0.25) is 9.78 Å². The zero-order chi connectivity index (χ0) is 12.7. The summed E-state index contributed by atoms with van der Waals surface area (Å²) in [6.45, 7) is -0.0189. The number of aromatic hydroxyl groups is 1. The molecule has 1 aliphatic rings. The lowest BCUT2D eigenvalue weighted by Crippen LogP contribution is -2.14. The van der Waals surface area contributed by atoms with E-state index in [1.165, 1.54) is 12.4 Å². The van der Waals surface area contributed by atoms with Crippen LogP contribution in [0.3, 0.4) is 0 Å². The summed E-state index contributed by atoms with van der Waals surface area (Å²) in [5.74, 6) is -0.243. The second-order valence-corrected chi connectivity index (χ2v) is 4.34. The predicted octanol–water partition coefficient (Wildman–Crippen LogP) is 0.100. The number of aliphatic hydroxyl groups excluding tert-OH is 1. The number of imidazole rings is 1. The highest BCUT2D eigenvalue weighted by Gasteiger charge is 2.27. The summed E-state index contributed by atoms with van der Waals surface area (Å²) in [6.07, 6.45) is 2.60. The SMILES string of the molecule is O=c1cc2c(ncn2[C@H]2CC[C@@H](CO)O2)c(O)[nH]1. The van der Waals surface area contributed by atoms with Crippen molar-refractivity contribution in [3.05, 3.63) is 22.7 Å². The number of rotatable bonds is 2. The molecule has 3 heterocycles. The van der Waals surface area contributed by atoms with Gasteiger partial charge < -0.3 is 19.5 Å². The average Bonchev–Trinajstić information content (AvgIpc) is 2.93. The van der Waals surface area contributed by atoms with Crippen molar-refractivity contribution in [2.45, 2.75) is 25.2 Å². The van der Waals surface area contributed by atoms with Crippen molar-refractivity contribution in [1.82, 2.24) is 14.5 Å². The molecule has 18 heavy (non-hydrogen) atoms. The maximum Gasteiger partial charge on any atom is 0.252 e. The number of aromatic nitrogens is 3. The molecule has 96 valence electrons. The number of nitrogens with zero attached hydrogens (tertiary/aromatic N) is 2. The van der Waals surface area contributed by atoms with Gasteiger partial charge in [0.1, 0.15) is 11.7 Å². The molecule has 0 aromatic carbocycles. The molecule has 0 unspecified atom stereocenters. The lowest BCUT2D eigenvalue weighted by molar-refractivity contribution is -0.0204. The molecular weight excluding hydrogens is 238 g/mol. The molecule has 0 spiro atoms. The Hall–Kier alpha value is -1.86. The molecule has 7 heteroatoms. The monoisotopic (exact) mass is 251 g/mol. The van der Waals surface area contributed by atoms with Gasteiger partial charge >= 0.3 is 0 Å². The molecule has 7 nitrogen and oxygen atoms in total. The van der Waals surface area contributed by atoms with Crippen LogP contribution in [0.15, 0.2) is 17.2 Å². The van der Waals surface area contributed by atoms with Gasteiger partial charge in [-0.2, -0.15) is 0 Å². The molecule has 1 fully saturated rings. The normalized spacial score (nSPS) is 23.8. The van der Waals surface area contributed by atoms with E-state index in [0.717, 1.165) is 12.8 Å². The molecular formula is C11H13N3O4. The fraction of sp³-hybridized carbons (Fsp3) is 0.455. The van der Waals surface area contributed by atoms with E-state index >= 15 is 0 Å². The Bertz CT molecular complexity index is 633. The predicted molar refractivity (Wildman–Crippen MR) is 62.2 cm³/mol. The molecule has 3 rings (SSSR count). The largest absolute Gasteiger partial charge is 0.493 e. The molecule has 2 aromatic rings. The Labute approximate surface area is 102 Å². The van der Waals surface area contributed by atoms with Crippen LogP contribution in [-0.2, 0) is 4.74 Å². The summed E-state index contributed by atoms with van der Waals surface area (Å²) in [5.41, 5.74) is 0.476. The molecule has 1 aliphatic heterocycles. The number of aromatic amines is 1. The molecule has 0 saturated carbocycles. The van der Waals surface area contributed by atoms with E-state index in [0.29, 0.717) is 11.0 Å². The van der Waals surface area contributed by atoms with E-state index in [1.54, 1.807) is 4.57 Å². The number of fused-ring (bicyclic) bond motifs is 1. The fourth-order valence-electron chi connectivity index (χ4n) is 2.29. The number of pyridine rings is 1. The third kappa shape index (κ3) is 1.68. The van der Waals surface area contributed by atoms with Gasteiger partial charge in [0.05, 0.1) is 24.6 Å². The smallest absolute Gasteiger partial charge is 0.252 e. The minimum Gasteiger partial charge on any atom is -0.493 e. The van der Waals surface area contributed by atoms with Crippen LogP contribution < -0.4 is 5.56 Å². The lowest BCUT2D eigenvalue weighted by Gasteiger charge is -2.14. The third-order valence-electron chi connectivity index (χ3n) is 3.16. The first-order valence-electron chi connectivity index (χ1n) is 5.74. The second kappa shape index (κ2) is 4.11. The van der Waals surface area contributed by atoms with Crippen LogP contribution in [0.2, 0.25) is 0 Å². The summed E-state index contributed by atoms with van der Waals surface area (Å²) in [5, 5.41) is 18.6. The Kier molecular flexibility index (Phi) is 2.57. The van der Waals surface area contributed by atoms with Crippen molar-refractivity contribution in [2.24, 2.45) is 0 Å². The molecule has 3 N–H and O–H groups in total. The summed E-state index contributed by atoms with van der Waals surface area (Å²) >= 11 is 0. The van der Waals surface area contributed by atoms with Crippen LogP contribution in [0.5, 0.6) is 5.88 Å². The number of ether oxygens (including phenoxy) is 1. The van der Waals surface area contributed by atoms with Gasteiger partial charge in [-0.15, -0.1) is 0 Å². The van der Waals surface area contributed by atoms with E-state index in [9.17, 15) is 9.90 Å². The summed E-state index contributed by atoms with van der Waals surface area (Å²) in [6, 6.07) is 1.37. The Morgan fingerprint density at radius 1 is 1.56 bits per heavy atom. The third-order valence-corrected chi connectivity index (χ3v) is 3.16. The van der Waals surface area contributed by atoms with E-state index in [2.05, 4.69) is 9.97 Å². The second-order valence-electron chi connectivity index (χ2n) is 4.34. The van der Waals surface area contributed by atoms with Gasteiger partial charge in [-0.25, -0.2) is 4.98 Å². The van der Waals surface area contributed by atoms with Crippen LogP contribution in [-0.4, -0.2) is 37.5 Å². The highest BCUT2D eigenvalue weighted by Crippen LogP contribution is 2.31. The Morgan fingerprint density at radius 3 is 3.11 bits per heavy atom. The van der Waals surface area contributed by atoms with Gasteiger partial charge in [0.15, 0.2) is 0 Å². The van der Waals surface area contributed by atoms with Crippen LogP contribution in [0, 0.1) is 0 Å². The number of nitrogens with one attached hydrogen (secondary N) is 1. The summed E-state index contributed by atoms with van der Waals surface area (Å²) in [7, 11) is 0. The minimum absolute atomic E-state index is 0.0189. The van der Waals surface area contributed by atoms with E-state index in [4.69, 9.17) is 9.84 Å². The maximum absolute atomic E-state index is 11.4. The van der Waals surface area contributed by atoms with E-state index in [1.807, 2.05) is 0 Å². The van der Waals surface area contributed by atoms with Crippen LogP contribution in [0.4, 0.5) is 0 Å². The van der Waals surface area contributed by atoms with Gasteiger partial charge in [-0.1, -0.05) is 0 Å². The molecule has 0 aliphatic carbocycles.